The molecule has 0 saturated carbocycles. The first-order chi connectivity index (χ1) is 9.58. The van der Waals surface area contributed by atoms with Crippen molar-refractivity contribution in [2.75, 3.05) is 12.4 Å². The Bertz CT molecular complexity index is 509. The summed E-state index contributed by atoms with van der Waals surface area (Å²) in [4.78, 5) is 15.7. The molecule has 1 aliphatic heterocycles. The average Bonchev–Trinajstić information content (AvgIpc) is 2.91. The topological polar surface area (TPSA) is 91.7 Å². The summed E-state index contributed by atoms with van der Waals surface area (Å²) in [6.07, 6.45) is 1.55. The van der Waals surface area contributed by atoms with E-state index in [9.17, 15) is 15.0 Å². The molecule has 1 fully saturated rings. The Kier molecular flexibility index (Phi) is 4.85. The van der Waals surface area contributed by atoms with Gasteiger partial charge in [-0.3, -0.25) is 15.1 Å². The zero-order chi connectivity index (χ0) is 14.7. The van der Waals surface area contributed by atoms with Crippen LogP contribution in [0.5, 0.6) is 5.75 Å². The van der Waals surface area contributed by atoms with Crippen LogP contribution in [0.2, 0.25) is 0 Å². The van der Waals surface area contributed by atoms with Crippen molar-refractivity contribution in [3.05, 3.63) is 23.0 Å². The van der Waals surface area contributed by atoms with Crippen LogP contribution < -0.4 is 5.32 Å². The van der Waals surface area contributed by atoms with Crippen LogP contribution in [-0.4, -0.2) is 39.6 Å². The summed E-state index contributed by atoms with van der Waals surface area (Å²) in [7, 11) is 0. The Balaban J connectivity index is 2.22. The fourth-order valence-corrected chi connectivity index (χ4v) is 3.40. The zero-order valence-corrected chi connectivity index (χ0v) is 12.2. The van der Waals surface area contributed by atoms with Crippen LogP contribution in [-0.2, 0) is 16.1 Å². The van der Waals surface area contributed by atoms with Crippen molar-refractivity contribution in [2.24, 2.45) is 0 Å². The van der Waals surface area contributed by atoms with E-state index in [0.717, 1.165) is 0 Å². The summed E-state index contributed by atoms with van der Waals surface area (Å²) in [6, 6.07) is -0.399. The third-order valence-electron chi connectivity index (χ3n) is 3.14. The molecule has 0 aliphatic carbocycles. The zero-order valence-electron chi connectivity index (χ0n) is 11.4. The van der Waals surface area contributed by atoms with Crippen molar-refractivity contribution in [3.8, 4) is 5.75 Å². The number of ether oxygens (including phenoxy) is 1. The highest BCUT2D eigenvalue weighted by Crippen LogP contribution is 2.40. The van der Waals surface area contributed by atoms with Crippen LogP contribution in [0.1, 0.15) is 29.1 Å². The van der Waals surface area contributed by atoms with E-state index >= 15 is 0 Å². The second kappa shape index (κ2) is 6.43. The molecule has 0 unspecified atom stereocenters. The second-order valence-corrected chi connectivity index (χ2v) is 5.61. The lowest BCUT2D eigenvalue weighted by Gasteiger charge is -2.18. The number of hydrogen-bond donors (Lipinski definition) is 3. The average molecular weight is 298 g/mol. The first-order valence-corrected chi connectivity index (χ1v) is 7.45. The highest BCUT2D eigenvalue weighted by molar-refractivity contribution is 7.99. The lowest BCUT2D eigenvalue weighted by Crippen LogP contribution is -2.35. The van der Waals surface area contributed by atoms with E-state index in [1.807, 2.05) is 0 Å². The van der Waals surface area contributed by atoms with Crippen LogP contribution in [0, 0.1) is 6.92 Å². The second-order valence-electron chi connectivity index (χ2n) is 4.47. The van der Waals surface area contributed by atoms with Gasteiger partial charge in [0.05, 0.1) is 24.3 Å². The van der Waals surface area contributed by atoms with Gasteiger partial charge in [0.1, 0.15) is 11.8 Å². The van der Waals surface area contributed by atoms with Crippen molar-refractivity contribution in [2.45, 2.75) is 31.9 Å². The minimum absolute atomic E-state index is 0.0612. The lowest BCUT2D eigenvalue weighted by molar-refractivity contribution is -0.144. The smallest absolute Gasteiger partial charge is 0.324 e. The fourth-order valence-electron chi connectivity index (χ4n) is 2.09. The number of nitrogens with one attached hydrogen (secondary N) is 1. The molecular weight excluding hydrogens is 280 g/mol. The first kappa shape index (κ1) is 15.1. The van der Waals surface area contributed by atoms with Crippen LogP contribution in [0.3, 0.4) is 0 Å². The molecule has 0 bridgehead atoms. The molecule has 7 heteroatoms. The number of carbonyl (C=O) groups excluding carboxylic acids is 1. The van der Waals surface area contributed by atoms with E-state index in [0.29, 0.717) is 29.2 Å². The summed E-state index contributed by atoms with van der Waals surface area (Å²) < 4.78 is 4.98. The molecule has 1 saturated heterocycles. The van der Waals surface area contributed by atoms with Crippen molar-refractivity contribution in [3.63, 3.8) is 0 Å². The van der Waals surface area contributed by atoms with Gasteiger partial charge >= 0.3 is 5.97 Å². The molecule has 2 atom stereocenters. The third-order valence-corrected chi connectivity index (χ3v) is 4.37. The monoisotopic (exact) mass is 298 g/mol. The molecule has 3 N–H and O–H groups in total. The number of esters is 1. The molecule has 0 spiro atoms. The molecule has 1 aromatic heterocycles. The van der Waals surface area contributed by atoms with Gasteiger partial charge in [0, 0.05) is 23.1 Å². The number of aromatic hydroxyl groups is 1. The van der Waals surface area contributed by atoms with Crippen molar-refractivity contribution in [1.82, 2.24) is 10.3 Å². The molecule has 2 heterocycles. The number of aromatic nitrogens is 1. The summed E-state index contributed by atoms with van der Waals surface area (Å²) in [6.45, 7) is 3.59. The van der Waals surface area contributed by atoms with Crippen LogP contribution in [0.25, 0.3) is 0 Å². The normalized spacial score (nSPS) is 21.9. The summed E-state index contributed by atoms with van der Waals surface area (Å²) in [5.41, 5.74) is 1.65. The maximum atomic E-state index is 11.7. The maximum Gasteiger partial charge on any atom is 0.324 e. The highest BCUT2D eigenvalue weighted by atomic mass is 32.2. The van der Waals surface area contributed by atoms with Gasteiger partial charge in [-0.25, -0.2) is 0 Å². The third kappa shape index (κ3) is 2.89. The van der Waals surface area contributed by atoms with Gasteiger partial charge in [0.25, 0.3) is 0 Å². The van der Waals surface area contributed by atoms with E-state index in [4.69, 9.17) is 4.74 Å². The molecule has 0 radical (unpaired) electrons. The molecule has 2 rings (SSSR count). The number of aryl methyl sites for hydroxylation is 1. The summed E-state index contributed by atoms with van der Waals surface area (Å²) >= 11 is 1.50. The molecule has 0 amide bonds. The van der Waals surface area contributed by atoms with Crippen LogP contribution in [0.15, 0.2) is 6.20 Å². The lowest BCUT2D eigenvalue weighted by atomic mass is 10.1. The predicted molar refractivity (Wildman–Crippen MR) is 75.3 cm³/mol. The number of hydrogen-bond acceptors (Lipinski definition) is 7. The number of nitrogens with zero attached hydrogens (tertiary/aromatic N) is 1. The van der Waals surface area contributed by atoms with Crippen LogP contribution >= 0.6 is 11.8 Å². The quantitative estimate of drug-likeness (QED) is 0.710. The fraction of sp³-hybridized carbons (Fsp3) is 0.538. The van der Waals surface area contributed by atoms with E-state index in [1.165, 1.54) is 11.8 Å². The molecule has 110 valence electrons. The minimum atomic E-state index is -0.399. The number of carbonyl (C=O) groups is 1. The van der Waals surface area contributed by atoms with Gasteiger partial charge in [0.2, 0.25) is 0 Å². The van der Waals surface area contributed by atoms with Crippen molar-refractivity contribution in [1.29, 1.82) is 0 Å². The van der Waals surface area contributed by atoms with E-state index in [1.54, 1.807) is 20.0 Å². The van der Waals surface area contributed by atoms with Gasteiger partial charge < -0.3 is 14.9 Å². The predicted octanol–water partition coefficient (Wildman–Crippen LogP) is 0.855. The molecule has 1 aromatic rings. The Labute approximate surface area is 121 Å². The Morgan fingerprint density at radius 2 is 2.40 bits per heavy atom. The first-order valence-electron chi connectivity index (χ1n) is 6.41. The standard InChI is InChI=1S/C13H18N2O4S/c1-3-19-13(18)9-6-20-12(15-9)10-8(5-16)4-14-7(2)11(10)17/h4,9,12,15-17H,3,5-6H2,1-2H3/t9-,12-/m1/s1. The molecule has 20 heavy (non-hydrogen) atoms. The summed E-state index contributed by atoms with van der Waals surface area (Å²) in [5, 5.41) is 22.4. The molecule has 0 aromatic carbocycles. The number of rotatable bonds is 4. The SMILES string of the molecule is CCOC(=O)[C@H]1CS[C@H](c2c(CO)cnc(C)c2O)N1. The number of aliphatic hydroxyl groups excluding tert-OH is 1. The summed E-state index contributed by atoms with van der Waals surface area (Å²) in [5.74, 6) is 0.333. The molecular formula is C13H18N2O4S. The van der Waals surface area contributed by atoms with Gasteiger partial charge in [-0.05, 0) is 13.8 Å². The Morgan fingerprint density at radius 1 is 1.65 bits per heavy atom. The molecule has 6 nitrogen and oxygen atoms in total. The Morgan fingerprint density at radius 3 is 3.05 bits per heavy atom. The number of aliphatic hydroxyl groups is 1. The van der Waals surface area contributed by atoms with Gasteiger partial charge in [-0.1, -0.05) is 0 Å². The van der Waals surface area contributed by atoms with Crippen molar-refractivity contribution < 1.29 is 19.7 Å². The Hall–Kier alpha value is -1.31. The maximum absolute atomic E-state index is 11.7. The highest BCUT2D eigenvalue weighted by Gasteiger charge is 2.34. The van der Waals surface area contributed by atoms with Gasteiger partial charge in [-0.2, -0.15) is 0 Å². The van der Waals surface area contributed by atoms with E-state index < -0.39 is 6.04 Å². The van der Waals surface area contributed by atoms with E-state index in [2.05, 4.69) is 10.3 Å². The largest absolute Gasteiger partial charge is 0.506 e. The number of thioether (sulfide) groups is 1. The van der Waals surface area contributed by atoms with E-state index in [-0.39, 0.29) is 23.7 Å². The minimum Gasteiger partial charge on any atom is -0.506 e. The van der Waals surface area contributed by atoms with Crippen molar-refractivity contribution >= 4 is 17.7 Å². The molecule has 1 aliphatic rings. The van der Waals surface area contributed by atoms with Gasteiger partial charge in [-0.15, -0.1) is 11.8 Å². The number of pyridine rings is 1. The van der Waals surface area contributed by atoms with Gasteiger partial charge in [0.15, 0.2) is 0 Å². The van der Waals surface area contributed by atoms with Crippen LogP contribution in [0.4, 0.5) is 0 Å².